The molecule has 192 valence electrons. The van der Waals surface area contributed by atoms with Crippen LogP contribution in [0.15, 0.2) is 71.9 Å². The van der Waals surface area contributed by atoms with Crippen LogP contribution in [-0.4, -0.2) is 40.1 Å². The highest BCUT2D eigenvalue weighted by molar-refractivity contribution is 7.99. The topological polar surface area (TPSA) is 87.5 Å². The first kappa shape index (κ1) is 26.7. The van der Waals surface area contributed by atoms with Gasteiger partial charge >= 0.3 is 0 Å². The van der Waals surface area contributed by atoms with Crippen molar-refractivity contribution in [2.24, 2.45) is 0 Å². The van der Waals surface area contributed by atoms with Gasteiger partial charge in [-0.15, -0.1) is 10.2 Å². The number of carbonyl (C=O) groups excluding carboxylic acids is 1. The smallest absolute Gasteiger partial charge is 0.234 e. The van der Waals surface area contributed by atoms with E-state index in [9.17, 15) is 4.79 Å². The number of hydrogen-bond donors (Lipinski definition) is 1. The molecule has 0 unspecified atom stereocenters. The van der Waals surface area contributed by atoms with E-state index in [4.69, 9.17) is 37.4 Å². The molecule has 37 heavy (non-hydrogen) atoms. The van der Waals surface area contributed by atoms with Crippen LogP contribution in [0.25, 0.3) is 5.69 Å². The molecule has 0 bridgehead atoms. The third-order valence-electron chi connectivity index (χ3n) is 5.06. The van der Waals surface area contributed by atoms with Crippen LogP contribution in [0, 0.1) is 0 Å². The number of halogens is 2. The standard InChI is InChI=1S/C26H24Cl2N4O4S/c1-3-35-20-11-7-19(8-12-20)32-24(15-36-21-9-4-17(27)5-10-21)30-31-26(32)37-16-25(33)29-18-6-13-23(34-2)22(28)14-18/h4-14H,3,15-16H2,1-2H3,(H,29,33). The van der Waals surface area contributed by atoms with Gasteiger partial charge in [0.1, 0.15) is 23.9 Å². The lowest BCUT2D eigenvalue weighted by Crippen LogP contribution is -2.15. The van der Waals surface area contributed by atoms with Gasteiger partial charge in [-0.3, -0.25) is 9.36 Å². The number of nitrogens with one attached hydrogen (secondary N) is 1. The minimum Gasteiger partial charge on any atom is -0.495 e. The van der Waals surface area contributed by atoms with Crippen LogP contribution in [0.5, 0.6) is 17.2 Å². The van der Waals surface area contributed by atoms with Crippen LogP contribution in [0.1, 0.15) is 12.7 Å². The molecule has 0 aliphatic heterocycles. The molecule has 0 aliphatic carbocycles. The fourth-order valence-corrected chi connectivity index (χ4v) is 4.51. The normalized spacial score (nSPS) is 10.7. The molecule has 0 fully saturated rings. The third-order valence-corrected chi connectivity index (χ3v) is 6.53. The van der Waals surface area contributed by atoms with E-state index < -0.39 is 0 Å². The summed E-state index contributed by atoms with van der Waals surface area (Å²) >= 11 is 13.4. The Kier molecular flexibility index (Phi) is 9.16. The number of benzene rings is 3. The molecule has 1 heterocycles. The Balaban J connectivity index is 1.50. The summed E-state index contributed by atoms with van der Waals surface area (Å²) in [5, 5.41) is 13.1. The van der Waals surface area contributed by atoms with Crippen LogP contribution in [-0.2, 0) is 11.4 Å². The highest BCUT2D eigenvalue weighted by atomic mass is 35.5. The van der Waals surface area contributed by atoms with Crippen molar-refractivity contribution in [3.05, 3.63) is 82.6 Å². The predicted molar refractivity (Wildman–Crippen MR) is 146 cm³/mol. The maximum atomic E-state index is 12.6. The first-order chi connectivity index (χ1) is 18.0. The second kappa shape index (κ2) is 12.7. The Morgan fingerprint density at radius 2 is 1.68 bits per heavy atom. The number of nitrogens with zero attached hydrogens (tertiary/aromatic N) is 3. The van der Waals surface area contributed by atoms with Gasteiger partial charge < -0.3 is 19.5 Å². The van der Waals surface area contributed by atoms with Gasteiger partial charge in [-0.25, -0.2) is 0 Å². The van der Waals surface area contributed by atoms with E-state index in [2.05, 4.69) is 15.5 Å². The molecule has 0 saturated heterocycles. The zero-order chi connectivity index (χ0) is 26.2. The number of methoxy groups -OCH3 is 1. The fourth-order valence-electron chi connectivity index (χ4n) is 3.35. The van der Waals surface area contributed by atoms with Crippen LogP contribution in [0.3, 0.4) is 0 Å². The van der Waals surface area contributed by atoms with Gasteiger partial charge in [0.25, 0.3) is 0 Å². The lowest BCUT2D eigenvalue weighted by molar-refractivity contribution is -0.113. The van der Waals surface area contributed by atoms with Gasteiger partial charge in [-0.1, -0.05) is 35.0 Å². The van der Waals surface area contributed by atoms with Crippen LogP contribution in [0.2, 0.25) is 10.0 Å². The Hall–Kier alpha value is -3.40. The minimum atomic E-state index is -0.216. The number of hydrogen-bond acceptors (Lipinski definition) is 7. The summed E-state index contributed by atoms with van der Waals surface area (Å²) in [7, 11) is 1.53. The molecule has 1 amide bonds. The van der Waals surface area contributed by atoms with Crippen LogP contribution >= 0.6 is 35.0 Å². The fraction of sp³-hybridized carbons (Fsp3) is 0.192. The summed E-state index contributed by atoms with van der Waals surface area (Å²) in [6, 6.07) is 19.7. The lowest BCUT2D eigenvalue weighted by atomic mass is 10.3. The molecular formula is C26H24Cl2N4O4S. The first-order valence-corrected chi connectivity index (χ1v) is 13.0. The molecule has 8 nitrogen and oxygen atoms in total. The van der Waals surface area contributed by atoms with E-state index in [1.165, 1.54) is 18.9 Å². The summed E-state index contributed by atoms with van der Waals surface area (Å²) in [4.78, 5) is 12.6. The molecule has 1 aromatic heterocycles. The molecule has 0 spiro atoms. The molecule has 0 atom stereocenters. The zero-order valence-electron chi connectivity index (χ0n) is 20.1. The molecule has 1 N–H and O–H groups in total. The minimum absolute atomic E-state index is 0.108. The van der Waals surface area contributed by atoms with Crippen molar-refractivity contribution < 1.29 is 19.0 Å². The van der Waals surface area contributed by atoms with Crippen LogP contribution in [0.4, 0.5) is 5.69 Å². The number of thioether (sulfide) groups is 1. The van der Waals surface area contributed by atoms with E-state index in [-0.39, 0.29) is 18.3 Å². The quantitative estimate of drug-likeness (QED) is 0.216. The number of rotatable bonds is 11. The maximum absolute atomic E-state index is 12.6. The summed E-state index contributed by atoms with van der Waals surface area (Å²) in [5.41, 5.74) is 1.38. The van der Waals surface area contributed by atoms with Gasteiger partial charge in [0, 0.05) is 16.4 Å². The van der Waals surface area contributed by atoms with Gasteiger partial charge in [0.15, 0.2) is 11.0 Å². The zero-order valence-corrected chi connectivity index (χ0v) is 22.4. The largest absolute Gasteiger partial charge is 0.495 e. The van der Waals surface area contributed by atoms with Crippen molar-refractivity contribution in [1.29, 1.82) is 0 Å². The van der Waals surface area contributed by atoms with Crippen LogP contribution < -0.4 is 19.5 Å². The van der Waals surface area contributed by atoms with Crippen molar-refractivity contribution in [1.82, 2.24) is 14.8 Å². The molecule has 11 heteroatoms. The monoisotopic (exact) mass is 558 g/mol. The summed E-state index contributed by atoms with van der Waals surface area (Å²) in [5.74, 6) is 2.40. The number of amides is 1. The van der Waals surface area contributed by atoms with Gasteiger partial charge in [-0.05, 0) is 73.7 Å². The molecule has 4 rings (SSSR count). The van der Waals surface area contributed by atoms with E-state index >= 15 is 0 Å². The molecule has 0 saturated carbocycles. The van der Waals surface area contributed by atoms with E-state index in [0.717, 1.165) is 11.4 Å². The Bertz CT molecular complexity index is 1350. The second-order valence-corrected chi connectivity index (χ2v) is 9.38. The predicted octanol–water partition coefficient (Wildman–Crippen LogP) is 6.29. The lowest BCUT2D eigenvalue weighted by Gasteiger charge is -2.12. The highest BCUT2D eigenvalue weighted by Gasteiger charge is 2.17. The number of carbonyl (C=O) groups is 1. The Morgan fingerprint density at radius 1 is 0.973 bits per heavy atom. The average molecular weight is 559 g/mol. The van der Waals surface area contributed by atoms with E-state index in [0.29, 0.717) is 44.8 Å². The third kappa shape index (κ3) is 7.09. The van der Waals surface area contributed by atoms with Gasteiger partial charge in [0.2, 0.25) is 5.91 Å². The van der Waals surface area contributed by atoms with Crippen molar-refractivity contribution >= 4 is 46.6 Å². The summed E-state index contributed by atoms with van der Waals surface area (Å²) < 4.78 is 18.5. The van der Waals surface area contributed by atoms with Crippen molar-refractivity contribution in [3.63, 3.8) is 0 Å². The molecule has 4 aromatic rings. The SMILES string of the molecule is CCOc1ccc(-n2c(COc3ccc(Cl)cc3)nnc2SCC(=O)Nc2ccc(OC)c(Cl)c2)cc1. The molecule has 3 aromatic carbocycles. The highest BCUT2D eigenvalue weighted by Crippen LogP contribution is 2.28. The Morgan fingerprint density at radius 3 is 2.35 bits per heavy atom. The van der Waals surface area contributed by atoms with Gasteiger partial charge in [-0.2, -0.15) is 0 Å². The first-order valence-electron chi connectivity index (χ1n) is 11.3. The average Bonchev–Trinajstić information content (AvgIpc) is 3.31. The van der Waals surface area contributed by atoms with Gasteiger partial charge in [0.05, 0.1) is 24.5 Å². The number of anilines is 1. The molecule has 0 radical (unpaired) electrons. The number of aromatic nitrogens is 3. The maximum Gasteiger partial charge on any atom is 0.234 e. The summed E-state index contributed by atoms with van der Waals surface area (Å²) in [6.07, 6.45) is 0. The molecule has 0 aliphatic rings. The van der Waals surface area contributed by atoms with E-state index in [1.54, 1.807) is 42.5 Å². The second-order valence-electron chi connectivity index (χ2n) is 7.59. The number of ether oxygens (including phenoxy) is 3. The van der Waals surface area contributed by atoms with Crippen molar-refractivity contribution in [2.45, 2.75) is 18.7 Å². The van der Waals surface area contributed by atoms with Crippen molar-refractivity contribution in [3.8, 4) is 22.9 Å². The van der Waals surface area contributed by atoms with E-state index in [1.807, 2.05) is 35.8 Å². The summed E-state index contributed by atoms with van der Waals surface area (Å²) in [6.45, 7) is 2.67. The Labute approximate surface area is 228 Å². The van der Waals surface area contributed by atoms with Crippen molar-refractivity contribution in [2.75, 3.05) is 24.8 Å². The molecular weight excluding hydrogens is 535 g/mol.